The first-order chi connectivity index (χ1) is 14.7. The smallest absolute Gasteiger partial charge is 0.315 e. The van der Waals surface area contributed by atoms with Crippen molar-refractivity contribution in [2.75, 3.05) is 18.0 Å². The van der Waals surface area contributed by atoms with Crippen molar-refractivity contribution in [3.05, 3.63) is 102 Å². The van der Waals surface area contributed by atoms with Crippen LogP contribution in [0.1, 0.15) is 22.7 Å². The van der Waals surface area contributed by atoms with Crippen molar-refractivity contribution in [3.8, 4) is 0 Å². The van der Waals surface area contributed by atoms with Crippen molar-refractivity contribution in [2.45, 2.75) is 18.9 Å². The number of nitrogens with zero attached hydrogens (tertiary/aromatic N) is 1. The second kappa shape index (κ2) is 9.27. The van der Waals surface area contributed by atoms with Gasteiger partial charge in [-0.1, -0.05) is 78.9 Å². The maximum atomic E-state index is 13.4. The first kappa shape index (κ1) is 19.7. The van der Waals surface area contributed by atoms with E-state index < -0.39 is 6.04 Å². The molecule has 0 radical (unpaired) electrons. The zero-order chi connectivity index (χ0) is 20.8. The molecule has 3 aromatic carbocycles. The van der Waals surface area contributed by atoms with E-state index in [0.29, 0.717) is 13.1 Å². The van der Waals surface area contributed by atoms with Gasteiger partial charge in [-0.25, -0.2) is 4.79 Å². The van der Waals surface area contributed by atoms with Crippen LogP contribution in [0.3, 0.4) is 0 Å². The Morgan fingerprint density at radius 3 is 2.30 bits per heavy atom. The Morgan fingerprint density at radius 2 is 1.53 bits per heavy atom. The maximum absolute atomic E-state index is 13.4. The third kappa shape index (κ3) is 4.51. The fraction of sp³-hybridized carbons (Fsp3) is 0.200. The topological polar surface area (TPSA) is 61.4 Å². The average Bonchev–Trinajstić information content (AvgIpc) is 3.22. The standard InChI is InChI=1S/C25H25N3O2/c29-24(28-18-16-20-11-7-8-14-22(20)28)23(21-12-5-2-6-13-21)27-25(30)26-17-15-19-9-3-1-4-10-19/h1-14,23H,15-18H2,(H2,26,27,30)/t23-/m0/s1. The highest BCUT2D eigenvalue weighted by molar-refractivity contribution is 6.01. The van der Waals surface area contributed by atoms with E-state index in [2.05, 4.69) is 10.6 Å². The first-order valence-corrected chi connectivity index (χ1v) is 10.2. The van der Waals surface area contributed by atoms with Crippen LogP contribution < -0.4 is 15.5 Å². The molecule has 0 spiro atoms. The van der Waals surface area contributed by atoms with Gasteiger partial charge in [-0.2, -0.15) is 0 Å². The van der Waals surface area contributed by atoms with Crippen LogP contribution in [0, 0.1) is 0 Å². The second-order valence-corrected chi connectivity index (χ2v) is 7.35. The average molecular weight is 399 g/mol. The minimum Gasteiger partial charge on any atom is -0.338 e. The number of benzene rings is 3. The zero-order valence-electron chi connectivity index (χ0n) is 16.8. The molecule has 152 valence electrons. The lowest BCUT2D eigenvalue weighted by Gasteiger charge is -2.25. The number of hydrogen-bond donors (Lipinski definition) is 2. The summed E-state index contributed by atoms with van der Waals surface area (Å²) in [5, 5.41) is 5.76. The van der Waals surface area contributed by atoms with Crippen molar-refractivity contribution in [3.63, 3.8) is 0 Å². The molecule has 30 heavy (non-hydrogen) atoms. The number of carbonyl (C=O) groups is 2. The Kier molecular flexibility index (Phi) is 6.09. The maximum Gasteiger partial charge on any atom is 0.315 e. The lowest BCUT2D eigenvalue weighted by atomic mass is 10.1. The third-order valence-corrected chi connectivity index (χ3v) is 5.35. The normalized spacial score (nSPS) is 13.4. The highest BCUT2D eigenvalue weighted by Crippen LogP contribution is 2.30. The predicted molar refractivity (Wildman–Crippen MR) is 118 cm³/mol. The van der Waals surface area contributed by atoms with Crippen LogP contribution >= 0.6 is 0 Å². The molecular weight excluding hydrogens is 374 g/mol. The molecule has 0 aliphatic carbocycles. The Bertz CT molecular complexity index is 1010. The van der Waals surface area contributed by atoms with Crippen LogP contribution in [0.5, 0.6) is 0 Å². The minimum absolute atomic E-state index is 0.121. The third-order valence-electron chi connectivity index (χ3n) is 5.35. The summed E-state index contributed by atoms with van der Waals surface area (Å²) in [4.78, 5) is 27.8. The van der Waals surface area contributed by atoms with Crippen molar-refractivity contribution < 1.29 is 9.59 Å². The molecule has 1 aliphatic heterocycles. The zero-order valence-corrected chi connectivity index (χ0v) is 16.8. The van der Waals surface area contributed by atoms with E-state index in [0.717, 1.165) is 35.2 Å². The Balaban J connectivity index is 1.45. The van der Waals surface area contributed by atoms with Crippen LogP contribution in [0.15, 0.2) is 84.9 Å². The Labute approximate surface area is 176 Å². The van der Waals surface area contributed by atoms with E-state index in [1.165, 1.54) is 0 Å². The van der Waals surface area contributed by atoms with E-state index in [1.54, 1.807) is 4.90 Å². The van der Waals surface area contributed by atoms with Crippen molar-refractivity contribution in [1.82, 2.24) is 10.6 Å². The van der Waals surface area contributed by atoms with Gasteiger partial charge in [0.1, 0.15) is 6.04 Å². The summed E-state index contributed by atoms with van der Waals surface area (Å²) in [7, 11) is 0. The highest BCUT2D eigenvalue weighted by Gasteiger charge is 2.31. The quantitative estimate of drug-likeness (QED) is 0.661. The monoisotopic (exact) mass is 399 g/mol. The summed E-state index contributed by atoms with van der Waals surface area (Å²) in [5.74, 6) is -0.121. The van der Waals surface area contributed by atoms with E-state index >= 15 is 0 Å². The van der Waals surface area contributed by atoms with Crippen LogP contribution in [0.25, 0.3) is 0 Å². The molecule has 0 unspecified atom stereocenters. The number of rotatable bonds is 6. The van der Waals surface area contributed by atoms with Gasteiger partial charge in [0, 0.05) is 18.8 Å². The molecule has 0 saturated carbocycles. The molecule has 1 atom stereocenters. The molecule has 0 bridgehead atoms. The molecule has 5 heteroatoms. The highest BCUT2D eigenvalue weighted by atomic mass is 16.2. The number of urea groups is 1. The summed E-state index contributed by atoms with van der Waals surface area (Å²) >= 11 is 0. The number of fused-ring (bicyclic) bond motifs is 1. The van der Waals surface area contributed by atoms with Crippen LogP contribution in [-0.2, 0) is 17.6 Å². The minimum atomic E-state index is -0.742. The van der Waals surface area contributed by atoms with Crippen LogP contribution in [0.4, 0.5) is 10.5 Å². The number of para-hydroxylation sites is 1. The Hall–Kier alpha value is -3.60. The predicted octanol–water partition coefficient (Wildman–Crippen LogP) is 3.86. The summed E-state index contributed by atoms with van der Waals surface area (Å²) < 4.78 is 0. The molecule has 0 fully saturated rings. The van der Waals surface area contributed by atoms with Gasteiger partial charge in [0.25, 0.3) is 5.91 Å². The van der Waals surface area contributed by atoms with E-state index in [1.807, 2.05) is 84.9 Å². The van der Waals surface area contributed by atoms with Crippen LogP contribution in [0.2, 0.25) is 0 Å². The molecule has 4 rings (SSSR count). The number of hydrogen-bond acceptors (Lipinski definition) is 2. The summed E-state index contributed by atoms with van der Waals surface area (Å²) in [6.45, 7) is 1.12. The molecule has 3 aromatic rings. The number of amides is 3. The summed E-state index contributed by atoms with van der Waals surface area (Å²) in [5.41, 5.74) is 4.01. The van der Waals surface area contributed by atoms with E-state index in [4.69, 9.17) is 0 Å². The van der Waals surface area contributed by atoms with Gasteiger partial charge in [0.15, 0.2) is 0 Å². The number of nitrogens with one attached hydrogen (secondary N) is 2. The fourth-order valence-corrected chi connectivity index (χ4v) is 3.80. The summed E-state index contributed by atoms with van der Waals surface area (Å²) in [6.07, 6.45) is 1.56. The van der Waals surface area contributed by atoms with Gasteiger partial charge in [0.2, 0.25) is 0 Å². The van der Waals surface area contributed by atoms with Gasteiger partial charge in [0.05, 0.1) is 0 Å². The summed E-state index contributed by atoms with van der Waals surface area (Å²) in [6, 6.07) is 26.2. The first-order valence-electron chi connectivity index (χ1n) is 10.2. The molecule has 0 saturated heterocycles. The molecule has 1 heterocycles. The Morgan fingerprint density at radius 1 is 0.867 bits per heavy atom. The largest absolute Gasteiger partial charge is 0.338 e. The number of carbonyl (C=O) groups excluding carboxylic acids is 2. The molecule has 1 aliphatic rings. The van der Waals surface area contributed by atoms with Crippen molar-refractivity contribution in [1.29, 1.82) is 0 Å². The van der Waals surface area contributed by atoms with Gasteiger partial charge in [-0.15, -0.1) is 0 Å². The van der Waals surface area contributed by atoms with Crippen molar-refractivity contribution in [2.24, 2.45) is 0 Å². The van der Waals surface area contributed by atoms with Crippen LogP contribution in [-0.4, -0.2) is 25.0 Å². The van der Waals surface area contributed by atoms with E-state index in [9.17, 15) is 9.59 Å². The molecule has 3 amide bonds. The number of anilines is 1. The van der Waals surface area contributed by atoms with Gasteiger partial charge < -0.3 is 15.5 Å². The van der Waals surface area contributed by atoms with Gasteiger partial charge in [-0.05, 0) is 35.6 Å². The molecule has 5 nitrogen and oxygen atoms in total. The molecular formula is C25H25N3O2. The fourth-order valence-electron chi connectivity index (χ4n) is 3.80. The lowest BCUT2D eigenvalue weighted by Crippen LogP contribution is -2.46. The van der Waals surface area contributed by atoms with Gasteiger partial charge >= 0.3 is 6.03 Å². The second-order valence-electron chi connectivity index (χ2n) is 7.35. The van der Waals surface area contributed by atoms with Gasteiger partial charge in [-0.3, -0.25) is 4.79 Å². The molecule has 2 N–H and O–H groups in total. The molecule has 0 aromatic heterocycles. The van der Waals surface area contributed by atoms with Crippen molar-refractivity contribution >= 4 is 17.6 Å². The van der Waals surface area contributed by atoms with E-state index in [-0.39, 0.29) is 11.9 Å². The SMILES string of the molecule is O=C(NCCc1ccccc1)N[C@H](C(=O)N1CCc2ccccc21)c1ccccc1. The lowest BCUT2D eigenvalue weighted by molar-refractivity contribution is -0.120.